The third-order valence-corrected chi connectivity index (χ3v) is 7.21. The summed E-state index contributed by atoms with van der Waals surface area (Å²) in [7, 11) is 1.71. The van der Waals surface area contributed by atoms with Gasteiger partial charge in [-0.2, -0.15) is 0 Å². The van der Waals surface area contributed by atoms with Gasteiger partial charge in [-0.05, 0) is 49.7 Å². The number of amides is 1. The Hall–Kier alpha value is -1.76. The molecule has 0 aliphatic carbocycles. The molecule has 1 aromatic carbocycles. The molecule has 3 heterocycles. The number of carbonyl (C=O) groups is 1. The molecule has 1 amide bonds. The number of thiazole rings is 1. The van der Waals surface area contributed by atoms with E-state index in [1.807, 2.05) is 12.3 Å². The number of hydrogen-bond acceptors (Lipinski definition) is 5. The Kier molecular flexibility index (Phi) is 5.07. The first-order valence-corrected chi connectivity index (χ1v) is 10.7. The third kappa shape index (κ3) is 3.41. The fourth-order valence-electron chi connectivity index (χ4n) is 3.85. The molecule has 2 aromatic heterocycles. The normalized spacial score (nSPS) is 17.8. The lowest BCUT2D eigenvalue weighted by atomic mass is 10.0. The number of likely N-dealkylation sites (tertiary alicyclic amines) is 1. The molecule has 0 spiro atoms. The van der Waals surface area contributed by atoms with Gasteiger partial charge in [0.1, 0.15) is 0 Å². The average molecular weight is 386 g/mol. The molecule has 3 aromatic rings. The number of rotatable bonds is 5. The van der Waals surface area contributed by atoms with Crippen LogP contribution in [0.1, 0.15) is 38.0 Å². The zero-order valence-electron chi connectivity index (χ0n) is 15.1. The molecule has 1 aliphatic rings. The highest BCUT2D eigenvalue weighted by Gasteiger charge is 2.28. The zero-order chi connectivity index (χ0) is 18.1. The van der Waals surface area contributed by atoms with Crippen LogP contribution in [0.25, 0.3) is 10.1 Å². The molecular formula is C20H23N3OS2. The van der Waals surface area contributed by atoms with Gasteiger partial charge in [0.15, 0.2) is 0 Å². The van der Waals surface area contributed by atoms with Gasteiger partial charge in [-0.3, -0.25) is 9.69 Å². The number of fused-ring (bicyclic) bond motifs is 1. The highest BCUT2D eigenvalue weighted by molar-refractivity contribution is 7.21. The molecule has 136 valence electrons. The molecule has 26 heavy (non-hydrogen) atoms. The van der Waals surface area contributed by atoms with Crippen LogP contribution in [0.4, 0.5) is 0 Å². The van der Waals surface area contributed by atoms with Gasteiger partial charge in [-0.15, -0.1) is 22.7 Å². The van der Waals surface area contributed by atoms with E-state index >= 15 is 0 Å². The van der Waals surface area contributed by atoms with Crippen molar-refractivity contribution in [3.8, 4) is 0 Å². The quantitative estimate of drug-likeness (QED) is 0.715. The zero-order valence-corrected chi connectivity index (χ0v) is 16.8. The summed E-state index contributed by atoms with van der Waals surface area (Å²) in [4.78, 5) is 21.6. The lowest BCUT2D eigenvalue weighted by Crippen LogP contribution is -2.31. The Morgan fingerprint density at radius 3 is 2.96 bits per heavy atom. The van der Waals surface area contributed by atoms with E-state index in [-0.39, 0.29) is 5.91 Å². The minimum atomic E-state index is 0.0313. The summed E-state index contributed by atoms with van der Waals surface area (Å²) < 4.78 is 1.20. The Morgan fingerprint density at radius 1 is 1.35 bits per heavy atom. The second kappa shape index (κ2) is 7.47. The number of aryl methyl sites for hydroxylation is 1. The predicted octanol–water partition coefficient (Wildman–Crippen LogP) is 4.23. The van der Waals surface area contributed by atoms with Gasteiger partial charge in [-0.1, -0.05) is 18.2 Å². The minimum Gasteiger partial charge on any atom is -0.354 e. The molecule has 1 atom stereocenters. The maximum atomic E-state index is 12.4. The van der Waals surface area contributed by atoms with Gasteiger partial charge in [0, 0.05) is 35.4 Å². The van der Waals surface area contributed by atoms with Crippen molar-refractivity contribution in [1.82, 2.24) is 15.2 Å². The van der Waals surface area contributed by atoms with E-state index in [9.17, 15) is 4.79 Å². The average Bonchev–Trinajstić information content (AvgIpc) is 3.35. The van der Waals surface area contributed by atoms with E-state index in [0.29, 0.717) is 6.04 Å². The van der Waals surface area contributed by atoms with Crippen LogP contribution in [0.3, 0.4) is 0 Å². The minimum absolute atomic E-state index is 0.0313. The molecule has 4 rings (SSSR count). The first kappa shape index (κ1) is 17.6. The number of thiophene rings is 1. The molecular weight excluding hydrogens is 362 g/mol. The van der Waals surface area contributed by atoms with Gasteiger partial charge < -0.3 is 5.32 Å². The largest absolute Gasteiger partial charge is 0.354 e. The topological polar surface area (TPSA) is 45.2 Å². The van der Waals surface area contributed by atoms with E-state index in [2.05, 4.69) is 40.3 Å². The molecule has 4 nitrogen and oxygen atoms in total. The van der Waals surface area contributed by atoms with Crippen molar-refractivity contribution < 1.29 is 4.79 Å². The van der Waals surface area contributed by atoms with Crippen LogP contribution >= 0.6 is 22.7 Å². The predicted molar refractivity (Wildman–Crippen MR) is 109 cm³/mol. The molecule has 0 radical (unpaired) electrons. The van der Waals surface area contributed by atoms with E-state index in [0.717, 1.165) is 29.4 Å². The van der Waals surface area contributed by atoms with Crippen molar-refractivity contribution in [2.24, 2.45) is 0 Å². The van der Waals surface area contributed by atoms with Crippen LogP contribution < -0.4 is 5.32 Å². The van der Waals surface area contributed by atoms with Crippen molar-refractivity contribution in [3.63, 3.8) is 0 Å². The summed E-state index contributed by atoms with van der Waals surface area (Å²) in [6.45, 7) is 4.15. The van der Waals surface area contributed by atoms with Crippen molar-refractivity contribution >= 4 is 38.7 Å². The molecule has 0 bridgehead atoms. The highest BCUT2D eigenvalue weighted by Crippen LogP contribution is 2.35. The van der Waals surface area contributed by atoms with E-state index in [4.69, 9.17) is 0 Å². The Labute approximate surface area is 161 Å². The summed E-state index contributed by atoms with van der Waals surface area (Å²) in [6.07, 6.45) is 5.35. The highest BCUT2D eigenvalue weighted by atomic mass is 32.1. The Bertz CT molecular complexity index is 930. The van der Waals surface area contributed by atoms with Gasteiger partial charge in [0.2, 0.25) is 0 Å². The molecule has 1 N–H and O–H groups in total. The first-order valence-electron chi connectivity index (χ1n) is 9.03. The number of aromatic nitrogens is 1. The van der Waals surface area contributed by atoms with Gasteiger partial charge in [-0.25, -0.2) is 4.98 Å². The van der Waals surface area contributed by atoms with Crippen LogP contribution in [-0.4, -0.2) is 35.4 Å². The van der Waals surface area contributed by atoms with Gasteiger partial charge in [0.25, 0.3) is 5.91 Å². The number of benzene rings is 1. The summed E-state index contributed by atoms with van der Waals surface area (Å²) in [5.41, 5.74) is 1.21. The van der Waals surface area contributed by atoms with Gasteiger partial charge >= 0.3 is 0 Å². The van der Waals surface area contributed by atoms with E-state index in [1.54, 1.807) is 29.7 Å². The molecule has 1 aliphatic heterocycles. The number of nitrogens with zero attached hydrogens (tertiary/aromatic N) is 2. The summed E-state index contributed by atoms with van der Waals surface area (Å²) in [5.74, 6) is 0.0313. The van der Waals surface area contributed by atoms with Crippen molar-refractivity contribution in [3.05, 3.63) is 50.8 Å². The van der Waals surface area contributed by atoms with E-state index < -0.39 is 0 Å². The lowest BCUT2D eigenvalue weighted by molar-refractivity contribution is 0.0966. The number of carbonyl (C=O) groups excluding carboxylic acids is 1. The molecule has 1 fully saturated rings. The first-order chi connectivity index (χ1) is 12.7. The summed E-state index contributed by atoms with van der Waals surface area (Å²) in [6, 6.07) is 8.86. The van der Waals surface area contributed by atoms with Crippen LogP contribution in [-0.2, 0) is 13.0 Å². The molecule has 0 saturated carbocycles. The van der Waals surface area contributed by atoms with Crippen LogP contribution in [0.15, 0.2) is 30.5 Å². The lowest BCUT2D eigenvalue weighted by Gasteiger charge is -2.24. The van der Waals surface area contributed by atoms with Crippen molar-refractivity contribution in [1.29, 1.82) is 0 Å². The van der Waals surface area contributed by atoms with Crippen LogP contribution in [0.5, 0.6) is 0 Å². The molecule has 0 unspecified atom stereocenters. The van der Waals surface area contributed by atoms with Crippen molar-refractivity contribution in [2.75, 3.05) is 13.6 Å². The molecule has 1 saturated heterocycles. The van der Waals surface area contributed by atoms with Crippen LogP contribution in [0, 0.1) is 6.92 Å². The fourth-order valence-corrected chi connectivity index (χ4v) is 5.85. The molecule has 6 heteroatoms. The second-order valence-corrected chi connectivity index (χ2v) is 9.17. The Morgan fingerprint density at radius 2 is 2.19 bits per heavy atom. The number of hydrogen-bond donors (Lipinski definition) is 1. The third-order valence-electron chi connectivity index (χ3n) is 5.10. The maximum absolute atomic E-state index is 12.4. The van der Waals surface area contributed by atoms with Crippen LogP contribution in [0.2, 0.25) is 0 Å². The second-order valence-electron chi connectivity index (χ2n) is 6.80. The maximum Gasteiger partial charge on any atom is 0.261 e. The SMILES string of the molecule is CNC(=O)c1sc2ccccc2c1C[C@@H]1CCCN1Cc1cnc(C)s1. The monoisotopic (exact) mass is 385 g/mol. The fraction of sp³-hybridized carbons (Fsp3) is 0.400. The van der Waals surface area contributed by atoms with E-state index in [1.165, 1.54) is 33.4 Å². The summed E-state index contributed by atoms with van der Waals surface area (Å²) in [5, 5.41) is 5.17. The number of nitrogens with one attached hydrogen (secondary N) is 1. The van der Waals surface area contributed by atoms with Crippen molar-refractivity contribution in [2.45, 2.75) is 38.8 Å². The van der Waals surface area contributed by atoms with Gasteiger partial charge in [0.05, 0.1) is 9.88 Å². The standard InChI is InChI=1S/C20H23N3OS2/c1-13-22-11-15(25-13)12-23-9-5-6-14(23)10-17-16-7-3-4-8-18(16)26-19(17)20(24)21-2/h3-4,7-8,11,14H,5-6,9-10,12H2,1-2H3,(H,21,24)/t14-/m0/s1. The Balaban J connectivity index is 1.62. The summed E-state index contributed by atoms with van der Waals surface area (Å²) >= 11 is 3.39. The smallest absolute Gasteiger partial charge is 0.261 e.